The van der Waals surface area contributed by atoms with Crippen LogP contribution in [0.15, 0.2) is 42.5 Å². The predicted octanol–water partition coefficient (Wildman–Crippen LogP) is 2.43. The van der Waals surface area contributed by atoms with Gasteiger partial charge in [-0.05, 0) is 25.2 Å². The second kappa shape index (κ2) is 5.60. The molecule has 0 aliphatic carbocycles. The van der Waals surface area contributed by atoms with Crippen LogP contribution in [0.5, 0.6) is 0 Å². The Morgan fingerprint density at radius 2 is 1.89 bits per heavy atom. The minimum absolute atomic E-state index is 0.176. The molecule has 2 aromatic rings. The number of nitrogens with zero attached hydrogens (tertiary/aromatic N) is 2. The molecule has 0 unspecified atom stereocenters. The van der Waals surface area contributed by atoms with Gasteiger partial charge in [-0.3, -0.25) is 4.90 Å². The van der Waals surface area contributed by atoms with E-state index in [-0.39, 0.29) is 5.82 Å². The van der Waals surface area contributed by atoms with Gasteiger partial charge in [-0.1, -0.05) is 24.3 Å². The topological polar surface area (TPSA) is 42.1 Å². The maximum absolute atomic E-state index is 13.5. The Bertz CT molecular complexity index is 528. The number of pyridine rings is 1. The lowest BCUT2D eigenvalue weighted by Gasteiger charge is -2.16. The molecule has 0 radical (unpaired) electrons. The van der Waals surface area contributed by atoms with Gasteiger partial charge >= 0.3 is 0 Å². The van der Waals surface area contributed by atoms with Crippen molar-refractivity contribution < 1.29 is 4.39 Å². The summed E-state index contributed by atoms with van der Waals surface area (Å²) in [5.41, 5.74) is 7.19. The third kappa shape index (κ3) is 3.28. The second-order valence-corrected chi connectivity index (χ2v) is 4.32. The molecule has 0 aliphatic rings. The standard InChI is InChI=1S/C14H16FN3/c1-18(9-11-5-2-3-7-13(11)15)10-12-6-4-8-14(16)17-12/h2-8H,9-10H2,1H3,(H2,16,17). The van der Waals surface area contributed by atoms with E-state index in [0.29, 0.717) is 24.5 Å². The third-order valence-corrected chi connectivity index (χ3v) is 2.66. The van der Waals surface area contributed by atoms with Crippen molar-refractivity contribution >= 4 is 5.82 Å². The fourth-order valence-electron chi connectivity index (χ4n) is 1.84. The first-order chi connectivity index (χ1) is 8.65. The number of benzene rings is 1. The van der Waals surface area contributed by atoms with Gasteiger partial charge in [-0.25, -0.2) is 9.37 Å². The molecule has 94 valence electrons. The summed E-state index contributed by atoms with van der Waals surface area (Å²) in [6, 6.07) is 12.3. The van der Waals surface area contributed by atoms with Crippen molar-refractivity contribution in [3.05, 3.63) is 59.5 Å². The maximum atomic E-state index is 13.5. The second-order valence-electron chi connectivity index (χ2n) is 4.32. The zero-order valence-electron chi connectivity index (χ0n) is 10.3. The van der Waals surface area contributed by atoms with Gasteiger partial charge in [0.15, 0.2) is 0 Å². The number of hydrogen-bond acceptors (Lipinski definition) is 3. The minimum atomic E-state index is -0.176. The molecule has 2 rings (SSSR count). The van der Waals surface area contributed by atoms with Gasteiger partial charge < -0.3 is 5.73 Å². The molecule has 1 aromatic heterocycles. The van der Waals surface area contributed by atoms with E-state index in [2.05, 4.69) is 4.98 Å². The van der Waals surface area contributed by atoms with Gasteiger partial charge in [0.25, 0.3) is 0 Å². The van der Waals surface area contributed by atoms with E-state index in [0.717, 1.165) is 5.69 Å². The van der Waals surface area contributed by atoms with Crippen LogP contribution in [0.3, 0.4) is 0 Å². The third-order valence-electron chi connectivity index (χ3n) is 2.66. The Morgan fingerprint density at radius 1 is 1.11 bits per heavy atom. The quantitative estimate of drug-likeness (QED) is 0.899. The number of nitrogens with two attached hydrogens (primary N) is 1. The number of halogens is 1. The first-order valence-corrected chi connectivity index (χ1v) is 5.78. The summed E-state index contributed by atoms with van der Waals surface area (Å²) < 4.78 is 13.5. The van der Waals surface area contributed by atoms with Crippen molar-refractivity contribution in [2.45, 2.75) is 13.1 Å². The molecule has 1 aromatic carbocycles. The zero-order chi connectivity index (χ0) is 13.0. The highest BCUT2D eigenvalue weighted by atomic mass is 19.1. The highest BCUT2D eigenvalue weighted by Crippen LogP contribution is 2.11. The highest BCUT2D eigenvalue weighted by molar-refractivity contribution is 5.28. The van der Waals surface area contributed by atoms with Crippen molar-refractivity contribution in [2.24, 2.45) is 0 Å². The maximum Gasteiger partial charge on any atom is 0.127 e. The van der Waals surface area contributed by atoms with Gasteiger partial charge in [0.2, 0.25) is 0 Å². The van der Waals surface area contributed by atoms with Crippen LogP contribution in [-0.4, -0.2) is 16.9 Å². The summed E-state index contributed by atoms with van der Waals surface area (Å²) in [6.07, 6.45) is 0. The average molecular weight is 245 g/mol. The summed E-state index contributed by atoms with van der Waals surface area (Å²) in [7, 11) is 1.93. The molecule has 0 atom stereocenters. The number of nitrogen functional groups attached to an aromatic ring is 1. The summed E-state index contributed by atoms with van der Waals surface area (Å²) in [6.45, 7) is 1.18. The highest BCUT2D eigenvalue weighted by Gasteiger charge is 2.06. The Balaban J connectivity index is 2.01. The van der Waals surface area contributed by atoms with Crippen LogP contribution in [-0.2, 0) is 13.1 Å². The first kappa shape index (κ1) is 12.5. The fourth-order valence-corrected chi connectivity index (χ4v) is 1.84. The van der Waals surface area contributed by atoms with Crippen molar-refractivity contribution in [3.8, 4) is 0 Å². The molecule has 0 saturated heterocycles. The summed E-state index contributed by atoms with van der Waals surface area (Å²) >= 11 is 0. The Labute approximate surface area is 106 Å². The molecule has 4 heteroatoms. The summed E-state index contributed by atoms with van der Waals surface area (Å²) in [4.78, 5) is 6.22. The molecule has 2 N–H and O–H groups in total. The normalized spacial score (nSPS) is 10.8. The minimum Gasteiger partial charge on any atom is -0.384 e. The summed E-state index contributed by atoms with van der Waals surface area (Å²) in [5.74, 6) is 0.330. The van der Waals surface area contributed by atoms with E-state index in [1.54, 1.807) is 18.2 Å². The fraction of sp³-hybridized carbons (Fsp3) is 0.214. The lowest BCUT2D eigenvalue weighted by molar-refractivity contribution is 0.310. The van der Waals surface area contributed by atoms with Crippen molar-refractivity contribution in [1.82, 2.24) is 9.88 Å². The SMILES string of the molecule is CN(Cc1cccc(N)n1)Cc1ccccc1F. The van der Waals surface area contributed by atoms with Crippen LogP contribution >= 0.6 is 0 Å². The number of hydrogen-bond donors (Lipinski definition) is 1. The largest absolute Gasteiger partial charge is 0.384 e. The van der Waals surface area contributed by atoms with Crippen LogP contribution in [0.1, 0.15) is 11.3 Å². The Hall–Kier alpha value is -1.94. The molecule has 18 heavy (non-hydrogen) atoms. The van der Waals surface area contributed by atoms with Crippen LogP contribution in [0, 0.1) is 5.82 Å². The van der Waals surface area contributed by atoms with E-state index in [1.807, 2.05) is 30.1 Å². The molecule has 0 spiro atoms. The molecule has 3 nitrogen and oxygen atoms in total. The van der Waals surface area contributed by atoms with E-state index in [1.165, 1.54) is 6.07 Å². The molecular weight excluding hydrogens is 229 g/mol. The molecule has 0 fully saturated rings. The van der Waals surface area contributed by atoms with Crippen LogP contribution in [0.25, 0.3) is 0 Å². The molecule has 0 bridgehead atoms. The van der Waals surface area contributed by atoms with Crippen molar-refractivity contribution in [3.63, 3.8) is 0 Å². The smallest absolute Gasteiger partial charge is 0.127 e. The predicted molar refractivity (Wildman–Crippen MR) is 70.2 cm³/mol. The van der Waals surface area contributed by atoms with Gasteiger partial charge in [0, 0.05) is 18.7 Å². The number of rotatable bonds is 4. The molecule has 1 heterocycles. The zero-order valence-corrected chi connectivity index (χ0v) is 10.3. The van der Waals surface area contributed by atoms with Crippen molar-refractivity contribution in [2.75, 3.05) is 12.8 Å². The number of anilines is 1. The molecular formula is C14H16FN3. The van der Waals surface area contributed by atoms with Gasteiger partial charge in [-0.15, -0.1) is 0 Å². The Kier molecular flexibility index (Phi) is 3.89. The van der Waals surface area contributed by atoms with E-state index >= 15 is 0 Å². The first-order valence-electron chi connectivity index (χ1n) is 5.78. The van der Waals surface area contributed by atoms with E-state index in [9.17, 15) is 4.39 Å². The van der Waals surface area contributed by atoms with Crippen LogP contribution in [0.4, 0.5) is 10.2 Å². The molecule has 0 amide bonds. The van der Waals surface area contributed by atoms with Crippen LogP contribution < -0.4 is 5.73 Å². The van der Waals surface area contributed by atoms with E-state index < -0.39 is 0 Å². The van der Waals surface area contributed by atoms with Gasteiger partial charge in [-0.2, -0.15) is 0 Å². The molecule has 0 saturated carbocycles. The van der Waals surface area contributed by atoms with Gasteiger partial charge in [0.05, 0.1) is 5.69 Å². The average Bonchev–Trinajstić information content (AvgIpc) is 2.32. The Morgan fingerprint density at radius 3 is 2.61 bits per heavy atom. The number of aromatic nitrogens is 1. The molecule has 0 aliphatic heterocycles. The lowest BCUT2D eigenvalue weighted by atomic mass is 10.2. The van der Waals surface area contributed by atoms with Gasteiger partial charge in [0.1, 0.15) is 11.6 Å². The summed E-state index contributed by atoms with van der Waals surface area (Å²) in [5, 5.41) is 0. The van der Waals surface area contributed by atoms with E-state index in [4.69, 9.17) is 5.73 Å². The lowest BCUT2D eigenvalue weighted by Crippen LogP contribution is -2.18. The van der Waals surface area contributed by atoms with Crippen LogP contribution in [0.2, 0.25) is 0 Å². The monoisotopic (exact) mass is 245 g/mol. The van der Waals surface area contributed by atoms with Crippen molar-refractivity contribution in [1.29, 1.82) is 0 Å².